The van der Waals surface area contributed by atoms with Crippen LogP contribution in [0.15, 0.2) is 64.5 Å². The van der Waals surface area contributed by atoms with Gasteiger partial charge in [0.1, 0.15) is 0 Å². The third-order valence-corrected chi connectivity index (χ3v) is 5.87. The molecule has 9 heteroatoms. The van der Waals surface area contributed by atoms with Crippen LogP contribution in [0.25, 0.3) is 27.8 Å². The Morgan fingerprint density at radius 3 is 2.71 bits per heavy atom. The Labute approximate surface area is 199 Å². The van der Waals surface area contributed by atoms with Crippen molar-refractivity contribution in [2.24, 2.45) is 4.99 Å². The molecular weight excluding hydrogens is 452 g/mol. The highest BCUT2D eigenvalue weighted by Crippen LogP contribution is 2.39. The number of anilines is 1. The third kappa shape index (κ3) is 4.62. The van der Waals surface area contributed by atoms with Gasteiger partial charge in [-0.3, -0.25) is 19.3 Å². The minimum atomic E-state index is -2.64. The molecule has 3 heterocycles. The molecule has 0 amide bonds. The molecule has 1 aliphatic carbocycles. The minimum absolute atomic E-state index is 0.00943. The fraction of sp³-hybridized carbons (Fsp3) is 0.231. The lowest BCUT2D eigenvalue weighted by atomic mass is 10.0. The van der Waals surface area contributed by atoms with Gasteiger partial charge in [-0.1, -0.05) is 6.07 Å². The Hall–Kier alpha value is -4.14. The Kier molecular flexibility index (Phi) is 5.98. The summed E-state index contributed by atoms with van der Waals surface area (Å²) in [7, 11) is 1.65. The topological polar surface area (TPSA) is 95.4 Å². The van der Waals surface area contributed by atoms with E-state index in [0.29, 0.717) is 39.4 Å². The van der Waals surface area contributed by atoms with Gasteiger partial charge in [0.05, 0.1) is 11.9 Å². The quantitative estimate of drug-likeness (QED) is 0.311. The normalized spacial score (nSPS) is 13.7. The number of pyridine rings is 3. The summed E-state index contributed by atoms with van der Waals surface area (Å²) in [6, 6.07) is 14.0. The van der Waals surface area contributed by atoms with Gasteiger partial charge in [-0.15, -0.1) is 0 Å². The van der Waals surface area contributed by atoms with Gasteiger partial charge < -0.3 is 10.5 Å². The molecule has 4 aromatic rings. The molecule has 0 atom stereocenters. The number of benzene rings is 1. The first kappa shape index (κ1) is 22.6. The standard InChI is InChI=1S/C26H23F2N5O2/c1-30-12-18-10-16(4-7-21(18)29)20-11-17-5-9-24(35-14-23(27)28)32-25(17)33(26(20)34)19-6-8-22(31-13-19)15-2-3-15/h4-13,15,23H,2-3,14,29H2,1H3. The van der Waals surface area contributed by atoms with Crippen LogP contribution in [0.3, 0.4) is 0 Å². The van der Waals surface area contributed by atoms with E-state index >= 15 is 0 Å². The Balaban J connectivity index is 1.71. The van der Waals surface area contributed by atoms with E-state index in [1.807, 2.05) is 12.1 Å². The molecule has 1 aliphatic rings. The summed E-state index contributed by atoms with van der Waals surface area (Å²) in [6.45, 7) is -0.786. The molecule has 0 radical (unpaired) electrons. The van der Waals surface area contributed by atoms with Gasteiger partial charge in [-0.05, 0) is 54.8 Å². The molecule has 178 valence electrons. The molecular formula is C26H23F2N5O2. The van der Waals surface area contributed by atoms with Gasteiger partial charge in [0.15, 0.2) is 12.3 Å². The van der Waals surface area contributed by atoms with E-state index < -0.39 is 13.0 Å². The van der Waals surface area contributed by atoms with E-state index in [0.717, 1.165) is 18.5 Å². The molecule has 0 aliphatic heterocycles. The third-order valence-electron chi connectivity index (χ3n) is 5.87. The molecule has 1 fully saturated rings. The van der Waals surface area contributed by atoms with Crippen LogP contribution < -0.4 is 16.0 Å². The van der Waals surface area contributed by atoms with Crippen LogP contribution in [-0.2, 0) is 0 Å². The zero-order chi connectivity index (χ0) is 24.5. The predicted octanol–water partition coefficient (Wildman–Crippen LogP) is 4.60. The summed E-state index contributed by atoms with van der Waals surface area (Å²) >= 11 is 0. The highest BCUT2D eigenvalue weighted by Gasteiger charge is 2.25. The lowest BCUT2D eigenvalue weighted by molar-refractivity contribution is 0.0797. The average Bonchev–Trinajstić information content (AvgIpc) is 3.70. The summed E-state index contributed by atoms with van der Waals surface area (Å²) in [5.74, 6) is 0.472. The summed E-state index contributed by atoms with van der Waals surface area (Å²) in [5, 5.41) is 0.637. The number of fused-ring (bicyclic) bond motifs is 1. The van der Waals surface area contributed by atoms with Crippen molar-refractivity contribution in [3.05, 3.63) is 76.3 Å². The molecule has 35 heavy (non-hydrogen) atoms. The van der Waals surface area contributed by atoms with E-state index in [-0.39, 0.29) is 17.1 Å². The second-order valence-electron chi connectivity index (χ2n) is 8.41. The smallest absolute Gasteiger partial charge is 0.272 e. The van der Waals surface area contributed by atoms with Gasteiger partial charge in [0, 0.05) is 53.1 Å². The maximum atomic E-state index is 13.8. The van der Waals surface area contributed by atoms with Crippen molar-refractivity contribution >= 4 is 22.9 Å². The fourth-order valence-electron chi connectivity index (χ4n) is 3.99. The number of hydrogen-bond donors (Lipinski definition) is 1. The van der Waals surface area contributed by atoms with Crippen LogP contribution in [0.5, 0.6) is 5.88 Å². The van der Waals surface area contributed by atoms with E-state index in [2.05, 4.69) is 15.0 Å². The van der Waals surface area contributed by atoms with Crippen molar-refractivity contribution in [1.82, 2.24) is 14.5 Å². The molecule has 7 nitrogen and oxygen atoms in total. The first-order chi connectivity index (χ1) is 16.9. The van der Waals surface area contributed by atoms with E-state index in [4.69, 9.17) is 10.5 Å². The number of ether oxygens (including phenoxy) is 1. The number of hydrogen-bond acceptors (Lipinski definition) is 6. The first-order valence-electron chi connectivity index (χ1n) is 11.2. The zero-order valence-electron chi connectivity index (χ0n) is 19.0. The Morgan fingerprint density at radius 2 is 2.03 bits per heavy atom. The van der Waals surface area contributed by atoms with E-state index in [1.165, 1.54) is 10.6 Å². The molecule has 0 bridgehead atoms. The molecule has 1 saturated carbocycles. The van der Waals surface area contributed by atoms with Crippen LogP contribution in [0, 0.1) is 0 Å². The maximum Gasteiger partial charge on any atom is 0.272 e. The maximum absolute atomic E-state index is 13.8. The second-order valence-corrected chi connectivity index (χ2v) is 8.41. The highest BCUT2D eigenvalue weighted by atomic mass is 19.3. The van der Waals surface area contributed by atoms with E-state index in [9.17, 15) is 13.6 Å². The van der Waals surface area contributed by atoms with Crippen molar-refractivity contribution in [3.8, 4) is 22.7 Å². The van der Waals surface area contributed by atoms with Crippen LogP contribution >= 0.6 is 0 Å². The van der Waals surface area contributed by atoms with Crippen molar-refractivity contribution in [1.29, 1.82) is 0 Å². The van der Waals surface area contributed by atoms with Crippen LogP contribution in [0.1, 0.15) is 30.0 Å². The lowest BCUT2D eigenvalue weighted by Crippen LogP contribution is -2.22. The summed E-state index contributed by atoms with van der Waals surface area (Å²) in [6.07, 6.45) is 2.86. The van der Waals surface area contributed by atoms with Crippen LogP contribution in [0.4, 0.5) is 14.5 Å². The molecule has 0 spiro atoms. The van der Waals surface area contributed by atoms with Gasteiger partial charge >= 0.3 is 0 Å². The fourth-order valence-corrected chi connectivity index (χ4v) is 3.99. The Bertz CT molecular complexity index is 1480. The number of rotatable bonds is 7. The van der Waals surface area contributed by atoms with E-state index in [1.54, 1.807) is 49.8 Å². The molecule has 0 unspecified atom stereocenters. The van der Waals surface area contributed by atoms with Gasteiger partial charge in [-0.2, -0.15) is 4.98 Å². The molecule has 3 aromatic heterocycles. The summed E-state index contributed by atoms with van der Waals surface area (Å²) in [4.78, 5) is 26.8. The molecule has 2 N–H and O–H groups in total. The minimum Gasteiger partial charge on any atom is -0.472 e. The lowest BCUT2D eigenvalue weighted by Gasteiger charge is -2.14. The predicted molar refractivity (Wildman–Crippen MR) is 132 cm³/mol. The van der Waals surface area contributed by atoms with Crippen molar-refractivity contribution in [2.45, 2.75) is 25.2 Å². The van der Waals surface area contributed by atoms with Crippen molar-refractivity contribution in [2.75, 3.05) is 19.4 Å². The molecule has 1 aromatic carbocycles. The number of nitrogens with zero attached hydrogens (tertiary/aromatic N) is 4. The Morgan fingerprint density at radius 1 is 1.20 bits per heavy atom. The van der Waals surface area contributed by atoms with Gasteiger partial charge in [0.25, 0.3) is 12.0 Å². The number of alkyl halides is 2. The number of halogens is 2. The SMILES string of the molecule is CN=Cc1cc(-c2cc3ccc(OCC(F)F)nc3n(-c3ccc(C4CC4)nc3)c2=O)ccc1N. The molecule has 0 saturated heterocycles. The van der Waals surface area contributed by atoms with Gasteiger partial charge in [0.2, 0.25) is 5.88 Å². The monoisotopic (exact) mass is 475 g/mol. The van der Waals surface area contributed by atoms with Crippen LogP contribution in [0.2, 0.25) is 0 Å². The first-order valence-corrected chi connectivity index (χ1v) is 11.2. The highest BCUT2D eigenvalue weighted by molar-refractivity contribution is 5.90. The van der Waals surface area contributed by atoms with Crippen LogP contribution in [-0.4, -0.2) is 40.8 Å². The largest absolute Gasteiger partial charge is 0.472 e. The van der Waals surface area contributed by atoms with Crippen molar-refractivity contribution < 1.29 is 13.5 Å². The van der Waals surface area contributed by atoms with Crippen molar-refractivity contribution in [3.63, 3.8) is 0 Å². The number of aliphatic imine (C=N–C) groups is 1. The average molecular weight is 475 g/mol. The summed E-state index contributed by atoms with van der Waals surface area (Å²) in [5.41, 5.74) is 9.85. The number of nitrogens with two attached hydrogens (primary N) is 1. The van der Waals surface area contributed by atoms with Gasteiger partial charge in [-0.25, -0.2) is 8.78 Å². The number of aromatic nitrogens is 3. The second kappa shape index (κ2) is 9.25. The summed E-state index contributed by atoms with van der Waals surface area (Å²) < 4.78 is 31.9. The molecule has 5 rings (SSSR count). The zero-order valence-corrected chi connectivity index (χ0v) is 19.0. The number of nitrogen functional groups attached to an aromatic ring is 1.